The topological polar surface area (TPSA) is 102 Å². The molecule has 0 atom stereocenters. The fourth-order valence-electron chi connectivity index (χ4n) is 2.66. The number of nitrogens with zero attached hydrogens (tertiary/aromatic N) is 2. The van der Waals surface area contributed by atoms with Crippen LogP contribution in [0.25, 0.3) is 0 Å². The van der Waals surface area contributed by atoms with E-state index in [4.69, 9.17) is 0 Å². The Morgan fingerprint density at radius 3 is 2.80 bits per heavy atom. The second kappa shape index (κ2) is 7.16. The van der Waals surface area contributed by atoms with E-state index in [1.54, 1.807) is 24.3 Å². The lowest BCUT2D eigenvalue weighted by molar-refractivity contribution is -0.116. The lowest BCUT2D eigenvalue weighted by Gasteiger charge is -2.17. The first kappa shape index (κ1) is 16.7. The number of methoxy groups -OCH3 is 1. The molecule has 2 heterocycles. The summed E-state index contributed by atoms with van der Waals surface area (Å²) in [4.78, 5) is 40.2. The number of amides is 1. The van der Waals surface area contributed by atoms with Crippen LogP contribution in [0.2, 0.25) is 0 Å². The molecule has 0 spiro atoms. The van der Waals surface area contributed by atoms with Crippen molar-refractivity contribution >= 4 is 23.4 Å². The van der Waals surface area contributed by atoms with Crippen molar-refractivity contribution in [1.29, 1.82) is 0 Å². The number of carbonyl (C=O) groups excluding carboxylic acids is 2. The summed E-state index contributed by atoms with van der Waals surface area (Å²) in [6.07, 6.45) is 2.90. The minimum absolute atomic E-state index is 0.127. The highest BCUT2D eigenvalue weighted by Crippen LogP contribution is 2.14. The number of hydrogen-bond donors (Lipinski definition) is 2. The third kappa shape index (κ3) is 3.68. The average molecular weight is 342 g/mol. The molecule has 25 heavy (non-hydrogen) atoms. The molecule has 8 heteroatoms. The number of rotatable bonds is 4. The van der Waals surface area contributed by atoms with Crippen molar-refractivity contribution in [3.05, 3.63) is 52.1 Å². The molecule has 1 aliphatic rings. The molecule has 0 bridgehead atoms. The van der Waals surface area contributed by atoms with E-state index in [1.807, 2.05) is 0 Å². The molecule has 3 rings (SSSR count). The molecule has 1 aliphatic heterocycles. The highest BCUT2D eigenvalue weighted by atomic mass is 16.5. The predicted octanol–water partition coefficient (Wildman–Crippen LogP) is 1.03. The van der Waals surface area contributed by atoms with Crippen molar-refractivity contribution in [2.75, 3.05) is 24.3 Å². The zero-order chi connectivity index (χ0) is 17.8. The lowest BCUT2D eigenvalue weighted by atomic mass is 10.1. The maximum atomic E-state index is 12.4. The molecule has 0 fully saturated rings. The largest absolute Gasteiger partial charge is 0.465 e. The van der Waals surface area contributed by atoms with E-state index >= 15 is 0 Å². The molecular weight excluding hydrogens is 324 g/mol. The summed E-state index contributed by atoms with van der Waals surface area (Å²) in [5.74, 6) is -0.192. The van der Waals surface area contributed by atoms with Gasteiger partial charge in [0.25, 0.3) is 5.56 Å². The smallest absolute Gasteiger partial charge is 0.337 e. The number of nitrogens with one attached hydrogen (secondary N) is 2. The monoisotopic (exact) mass is 342 g/mol. The van der Waals surface area contributed by atoms with Crippen LogP contribution in [0.1, 0.15) is 22.3 Å². The molecule has 0 saturated heterocycles. The lowest BCUT2D eigenvalue weighted by Crippen LogP contribution is -2.32. The van der Waals surface area contributed by atoms with E-state index in [0.29, 0.717) is 29.1 Å². The number of anilines is 2. The van der Waals surface area contributed by atoms with Gasteiger partial charge in [0.05, 0.1) is 18.2 Å². The van der Waals surface area contributed by atoms with Gasteiger partial charge in [-0.15, -0.1) is 0 Å². The van der Waals surface area contributed by atoms with Crippen LogP contribution in [-0.2, 0) is 22.5 Å². The van der Waals surface area contributed by atoms with Crippen LogP contribution in [0.4, 0.5) is 11.5 Å². The van der Waals surface area contributed by atoms with Crippen molar-refractivity contribution in [2.45, 2.75) is 19.4 Å². The first-order valence-electron chi connectivity index (χ1n) is 7.89. The molecule has 1 aromatic heterocycles. The SMILES string of the molecule is COC(=O)c1ccc(NC(=O)Cn2cnc3c(c2=O)CCCN3)cc1. The Kier molecular flexibility index (Phi) is 4.78. The summed E-state index contributed by atoms with van der Waals surface area (Å²) in [6, 6.07) is 6.31. The van der Waals surface area contributed by atoms with E-state index in [-0.39, 0.29) is 18.0 Å². The third-order valence-corrected chi connectivity index (χ3v) is 3.93. The number of fused-ring (bicyclic) bond motifs is 1. The Morgan fingerprint density at radius 2 is 2.08 bits per heavy atom. The van der Waals surface area contributed by atoms with Crippen molar-refractivity contribution < 1.29 is 14.3 Å². The maximum absolute atomic E-state index is 12.4. The van der Waals surface area contributed by atoms with E-state index in [1.165, 1.54) is 18.0 Å². The second-order valence-corrected chi connectivity index (χ2v) is 5.65. The zero-order valence-electron chi connectivity index (χ0n) is 13.7. The number of esters is 1. The molecule has 1 aromatic carbocycles. The average Bonchev–Trinajstić information content (AvgIpc) is 2.64. The van der Waals surface area contributed by atoms with Crippen LogP contribution in [0, 0.1) is 0 Å². The highest BCUT2D eigenvalue weighted by molar-refractivity contribution is 5.92. The summed E-state index contributed by atoms with van der Waals surface area (Å²) in [7, 11) is 1.30. The Balaban J connectivity index is 1.69. The summed E-state index contributed by atoms with van der Waals surface area (Å²) in [5, 5.41) is 5.77. The summed E-state index contributed by atoms with van der Waals surface area (Å²) >= 11 is 0. The van der Waals surface area contributed by atoms with Crippen molar-refractivity contribution in [3.63, 3.8) is 0 Å². The van der Waals surface area contributed by atoms with Crippen LogP contribution >= 0.6 is 0 Å². The number of aromatic nitrogens is 2. The van der Waals surface area contributed by atoms with Gasteiger partial charge < -0.3 is 15.4 Å². The van der Waals surface area contributed by atoms with Gasteiger partial charge in [-0.1, -0.05) is 0 Å². The second-order valence-electron chi connectivity index (χ2n) is 5.65. The number of hydrogen-bond acceptors (Lipinski definition) is 6. The van der Waals surface area contributed by atoms with Crippen LogP contribution < -0.4 is 16.2 Å². The van der Waals surface area contributed by atoms with Gasteiger partial charge in [-0.2, -0.15) is 0 Å². The predicted molar refractivity (Wildman–Crippen MR) is 91.7 cm³/mol. The molecule has 130 valence electrons. The molecule has 0 unspecified atom stereocenters. The van der Waals surface area contributed by atoms with Crippen LogP contribution in [0.5, 0.6) is 0 Å². The minimum atomic E-state index is -0.446. The van der Waals surface area contributed by atoms with Gasteiger partial charge in [0.1, 0.15) is 18.7 Å². The first-order chi connectivity index (χ1) is 12.1. The Bertz CT molecular complexity index is 858. The van der Waals surface area contributed by atoms with E-state index in [2.05, 4.69) is 20.4 Å². The minimum Gasteiger partial charge on any atom is -0.465 e. The molecule has 8 nitrogen and oxygen atoms in total. The van der Waals surface area contributed by atoms with Gasteiger partial charge in [-0.05, 0) is 37.1 Å². The van der Waals surface area contributed by atoms with Gasteiger partial charge in [0.2, 0.25) is 5.91 Å². The van der Waals surface area contributed by atoms with Crippen LogP contribution in [-0.4, -0.2) is 35.1 Å². The Labute approximate surface area is 143 Å². The zero-order valence-corrected chi connectivity index (χ0v) is 13.7. The Morgan fingerprint density at radius 1 is 1.32 bits per heavy atom. The third-order valence-electron chi connectivity index (χ3n) is 3.93. The summed E-state index contributed by atoms with van der Waals surface area (Å²) in [5.41, 5.74) is 1.33. The fraction of sp³-hybridized carbons (Fsp3) is 0.294. The molecule has 0 saturated carbocycles. The van der Waals surface area contributed by atoms with Crippen LogP contribution in [0.3, 0.4) is 0 Å². The van der Waals surface area contributed by atoms with Crippen molar-refractivity contribution in [2.24, 2.45) is 0 Å². The number of carbonyl (C=O) groups is 2. The molecule has 0 radical (unpaired) electrons. The van der Waals surface area contributed by atoms with Crippen LogP contribution in [0.15, 0.2) is 35.4 Å². The van der Waals surface area contributed by atoms with Gasteiger partial charge >= 0.3 is 5.97 Å². The highest BCUT2D eigenvalue weighted by Gasteiger charge is 2.16. The van der Waals surface area contributed by atoms with E-state index in [9.17, 15) is 14.4 Å². The quantitative estimate of drug-likeness (QED) is 0.805. The van der Waals surface area contributed by atoms with Crippen molar-refractivity contribution in [1.82, 2.24) is 9.55 Å². The van der Waals surface area contributed by atoms with Gasteiger partial charge in [-0.25, -0.2) is 9.78 Å². The summed E-state index contributed by atoms with van der Waals surface area (Å²) < 4.78 is 5.91. The number of ether oxygens (including phenoxy) is 1. The molecule has 2 aromatic rings. The summed E-state index contributed by atoms with van der Waals surface area (Å²) in [6.45, 7) is 0.670. The van der Waals surface area contributed by atoms with Gasteiger partial charge in [-0.3, -0.25) is 14.2 Å². The molecule has 2 N–H and O–H groups in total. The van der Waals surface area contributed by atoms with E-state index in [0.717, 1.165) is 13.0 Å². The van der Waals surface area contributed by atoms with Gasteiger partial charge in [0.15, 0.2) is 0 Å². The first-order valence-corrected chi connectivity index (χ1v) is 7.89. The molecular formula is C17H18N4O4. The maximum Gasteiger partial charge on any atom is 0.337 e. The standard InChI is InChI=1S/C17H18N4O4/c1-25-17(24)11-4-6-12(7-5-11)20-14(22)9-21-10-19-15-13(16(21)23)3-2-8-18-15/h4-7,10,18H,2-3,8-9H2,1H3,(H,20,22). The fourth-order valence-corrected chi connectivity index (χ4v) is 2.66. The van der Waals surface area contributed by atoms with E-state index < -0.39 is 5.97 Å². The molecule has 1 amide bonds. The van der Waals surface area contributed by atoms with Gasteiger partial charge in [0, 0.05) is 12.2 Å². The normalized spacial score (nSPS) is 12.7. The number of benzene rings is 1. The molecule has 0 aliphatic carbocycles. The Hall–Kier alpha value is -3.16. The van der Waals surface area contributed by atoms with Crippen molar-refractivity contribution in [3.8, 4) is 0 Å².